The largest absolute Gasteiger partial charge is 0.381 e. The van der Waals surface area contributed by atoms with Crippen LogP contribution in [0.1, 0.15) is 34.8 Å². The molecule has 1 aromatic rings. The Morgan fingerprint density at radius 1 is 1.27 bits per heavy atom. The van der Waals surface area contributed by atoms with Gasteiger partial charge in [-0.15, -0.1) is 0 Å². The smallest absolute Gasteiger partial charge is 0.165 e. The van der Waals surface area contributed by atoms with Crippen LogP contribution in [0.4, 0.5) is 0 Å². The van der Waals surface area contributed by atoms with Crippen molar-refractivity contribution in [3.05, 3.63) is 34.9 Å². The third kappa shape index (κ3) is 3.48. The SMILES string of the molecule is CCOCCC(=O)c1ccc(C)c(C)c1. The Morgan fingerprint density at radius 2 is 2.00 bits per heavy atom. The van der Waals surface area contributed by atoms with Crippen molar-refractivity contribution in [3.8, 4) is 0 Å². The fourth-order valence-corrected chi connectivity index (χ4v) is 1.37. The predicted octanol–water partition coefficient (Wildman–Crippen LogP) is 2.91. The number of hydrogen-bond acceptors (Lipinski definition) is 2. The molecule has 0 spiro atoms. The lowest BCUT2D eigenvalue weighted by Crippen LogP contribution is -2.05. The quantitative estimate of drug-likeness (QED) is 0.547. The molecule has 0 saturated carbocycles. The molecule has 0 aliphatic carbocycles. The topological polar surface area (TPSA) is 26.3 Å². The number of aryl methyl sites for hydroxylation is 2. The highest BCUT2D eigenvalue weighted by molar-refractivity contribution is 5.96. The van der Waals surface area contributed by atoms with E-state index in [2.05, 4.69) is 0 Å². The molecule has 0 heterocycles. The highest BCUT2D eigenvalue weighted by Crippen LogP contribution is 2.11. The maximum absolute atomic E-state index is 11.7. The van der Waals surface area contributed by atoms with Gasteiger partial charge in [0.15, 0.2) is 5.78 Å². The van der Waals surface area contributed by atoms with Gasteiger partial charge in [0.05, 0.1) is 6.61 Å². The Morgan fingerprint density at radius 3 is 2.60 bits per heavy atom. The van der Waals surface area contributed by atoms with Crippen LogP contribution in [-0.2, 0) is 4.74 Å². The molecule has 0 bridgehead atoms. The standard InChI is InChI=1S/C13H18O2/c1-4-15-8-7-13(14)12-6-5-10(2)11(3)9-12/h5-6,9H,4,7-8H2,1-3H3. The van der Waals surface area contributed by atoms with Crippen LogP contribution < -0.4 is 0 Å². The monoisotopic (exact) mass is 206 g/mol. The number of carbonyl (C=O) groups is 1. The molecule has 0 aliphatic heterocycles. The van der Waals surface area contributed by atoms with Gasteiger partial charge < -0.3 is 4.74 Å². The zero-order chi connectivity index (χ0) is 11.3. The van der Waals surface area contributed by atoms with E-state index in [1.807, 2.05) is 39.0 Å². The van der Waals surface area contributed by atoms with Crippen molar-refractivity contribution in [1.82, 2.24) is 0 Å². The highest BCUT2D eigenvalue weighted by Gasteiger charge is 2.06. The van der Waals surface area contributed by atoms with Crippen molar-refractivity contribution >= 4 is 5.78 Å². The van der Waals surface area contributed by atoms with Crippen LogP contribution in [0.3, 0.4) is 0 Å². The average molecular weight is 206 g/mol. The summed E-state index contributed by atoms with van der Waals surface area (Å²) in [7, 11) is 0. The second-order valence-corrected chi connectivity index (χ2v) is 3.67. The Hall–Kier alpha value is -1.15. The lowest BCUT2D eigenvalue weighted by atomic mass is 10.0. The first kappa shape index (κ1) is 11.9. The number of ether oxygens (including phenoxy) is 1. The van der Waals surface area contributed by atoms with Gasteiger partial charge in [-0.2, -0.15) is 0 Å². The van der Waals surface area contributed by atoms with E-state index in [9.17, 15) is 4.79 Å². The van der Waals surface area contributed by atoms with Crippen molar-refractivity contribution in [2.75, 3.05) is 13.2 Å². The summed E-state index contributed by atoms with van der Waals surface area (Å²) in [4.78, 5) is 11.7. The maximum atomic E-state index is 11.7. The number of Topliss-reactive ketones (excluding diaryl/α,β-unsaturated/α-hetero) is 1. The maximum Gasteiger partial charge on any atom is 0.165 e. The summed E-state index contributed by atoms with van der Waals surface area (Å²) >= 11 is 0. The molecule has 2 heteroatoms. The van der Waals surface area contributed by atoms with Crippen molar-refractivity contribution in [2.24, 2.45) is 0 Å². The average Bonchev–Trinajstić information content (AvgIpc) is 2.22. The summed E-state index contributed by atoms with van der Waals surface area (Å²) in [5.74, 6) is 0.159. The van der Waals surface area contributed by atoms with E-state index in [0.717, 1.165) is 11.1 Å². The second-order valence-electron chi connectivity index (χ2n) is 3.67. The van der Waals surface area contributed by atoms with E-state index in [1.54, 1.807) is 0 Å². The van der Waals surface area contributed by atoms with Crippen LogP contribution in [0.25, 0.3) is 0 Å². The normalized spacial score (nSPS) is 10.3. The molecule has 0 atom stereocenters. The summed E-state index contributed by atoms with van der Waals surface area (Å²) in [6.45, 7) is 7.18. The molecule has 0 fully saturated rings. The summed E-state index contributed by atoms with van der Waals surface area (Å²) in [6, 6.07) is 5.82. The Bertz CT molecular complexity index is 342. The van der Waals surface area contributed by atoms with Gasteiger partial charge in [0.1, 0.15) is 0 Å². The van der Waals surface area contributed by atoms with E-state index in [-0.39, 0.29) is 5.78 Å². The minimum absolute atomic E-state index is 0.159. The zero-order valence-electron chi connectivity index (χ0n) is 9.67. The first-order chi connectivity index (χ1) is 7.15. The molecule has 2 nitrogen and oxygen atoms in total. The molecule has 0 aromatic heterocycles. The third-order valence-electron chi connectivity index (χ3n) is 2.51. The fraction of sp³-hybridized carbons (Fsp3) is 0.462. The lowest BCUT2D eigenvalue weighted by Gasteiger charge is -2.04. The van der Waals surface area contributed by atoms with Crippen LogP contribution in [0, 0.1) is 13.8 Å². The van der Waals surface area contributed by atoms with Crippen LogP contribution >= 0.6 is 0 Å². The molecular weight excluding hydrogens is 188 g/mol. The number of benzene rings is 1. The van der Waals surface area contributed by atoms with Gasteiger partial charge in [0.25, 0.3) is 0 Å². The van der Waals surface area contributed by atoms with Gasteiger partial charge in [-0.3, -0.25) is 4.79 Å². The molecular formula is C13H18O2. The number of ketones is 1. The summed E-state index contributed by atoms with van der Waals surface area (Å²) in [5, 5.41) is 0. The fourth-order valence-electron chi connectivity index (χ4n) is 1.37. The molecule has 0 radical (unpaired) electrons. The zero-order valence-corrected chi connectivity index (χ0v) is 9.67. The van der Waals surface area contributed by atoms with Crippen LogP contribution in [0.15, 0.2) is 18.2 Å². The van der Waals surface area contributed by atoms with Gasteiger partial charge >= 0.3 is 0 Å². The molecule has 0 saturated heterocycles. The number of hydrogen-bond donors (Lipinski definition) is 0. The number of carbonyl (C=O) groups excluding carboxylic acids is 1. The van der Waals surface area contributed by atoms with Gasteiger partial charge in [0, 0.05) is 18.6 Å². The van der Waals surface area contributed by atoms with E-state index in [4.69, 9.17) is 4.74 Å². The molecule has 82 valence electrons. The van der Waals surface area contributed by atoms with E-state index in [1.165, 1.54) is 5.56 Å². The molecule has 15 heavy (non-hydrogen) atoms. The minimum Gasteiger partial charge on any atom is -0.381 e. The first-order valence-corrected chi connectivity index (χ1v) is 5.33. The Balaban J connectivity index is 2.62. The van der Waals surface area contributed by atoms with Gasteiger partial charge in [-0.1, -0.05) is 12.1 Å². The highest BCUT2D eigenvalue weighted by atomic mass is 16.5. The van der Waals surface area contributed by atoms with E-state index >= 15 is 0 Å². The molecule has 0 aliphatic rings. The first-order valence-electron chi connectivity index (χ1n) is 5.33. The predicted molar refractivity (Wildman–Crippen MR) is 61.4 cm³/mol. The molecule has 0 unspecified atom stereocenters. The van der Waals surface area contributed by atoms with E-state index < -0.39 is 0 Å². The van der Waals surface area contributed by atoms with E-state index in [0.29, 0.717) is 19.6 Å². The second kappa shape index (κ2) is 5.66. The van der Waals surface area contributed by atoms with Gasteiger partial charge in [-0.05, 0) is 38.0 Å². The van der Waals surface area contributed by atoms with Crippen LogP contribution in [-0.4, -0.2) is 19.0 Å². The summed E-state index contributed by atoms with van der Waals surface area (Å²) < 4.78 is 5.16. The van der Waals surface area contributed by atoms with Crippen LogP contribution in [0.2, 0.25) is 0 Å². The molecule has 0 amide bonds. The van der Waals surface area contributed by atoms with Crippen molar-refractivity contribution in [2.45, 2.75) is 27.2 Å². The summed E-state index contributed by atoms with van der Waals surface area (Å²) in [6.07, 6.45) is 0.469. The Kier molecular flexibility index (Phi) is 4.50. The molecule has 1 aromatic carbocycles. The molecule has 0 N–H and O–H groups in total. The van der Waals surface area contributed by atoms with Gasteiger partial charge in [-0.25, -0.2) is 0 Å². The minimum atomic E-state index is 0.159. The van der Waals surface area contributed by atoms with Crippen molar-refractivity contribution in [3.63, 3.8) is 0 Å². The van der Waals surface area contributed by atoms with Crippen LogP contribution in [0.5, 0.6) is 0 Å². The lowest BCUT2D eigenvalue weighted by molar-refractivity contribution is 0.0896. The van der Waals surface area contributed by atoms with Crippen molar-refractivity contribution < 1.29 is 9.53 Å². The number of rotatable bonds is 5. The van der Waals surface area contributed by atoms with Gasteiger partial charge in [0.2, 0.25) is 0 Å². The Labute approximate surface area is 91.3 Å². The summed E-state index contributed by atoms with van der Waals surface area (Å²) in [5.41, 5.74) is 3.17. The molecule has 1 rings (SSSR count). The third-order valence-corrected chi connectivity index (χ3v) is 2.51. The van der Waals surface area contributed by atoms with Crippen molar-refractivity contribution in [1.29, 1.82) is 0 Å².